The highest BCUT2D eigenvalue weighted by atomic mass is 16.5. The van der Waals surface area contributed by atoms with Gasteiger partial charge in [-0.1, -0.05) is 55.7 Å². The fourth-order valence-corrected chi connectivity index (χ4v) is 4.21. The van der Waals surface area contributed by atoms with Crippen molar-refractivity contribution in [3.8, 4) is 0 Å². The first-order chi connectivity index (χ1) is 17.5. The molecule has 0 heterocycles. The highest BCUT2D eigenvalue weighted by molar-refractivity contribution is 5.90. The molecule has 1 N–H and O–H groups in total. The van der Waals surface area contributed by atoms with Gasteiger partial charge < -0.3 is 14.8 Å². The Morgan fingerprint density at radius 3 is 1.81 bits per heavy atom. The van der Waals surface area contributed by atoms with Crippen LogP contribution < -0.4 is 5.32 Å². The molecule has 188 valence electrons. The van der Waals surface area contributed by atoms with E-state index < -0.39 is 5.97 Å². The summed E-state index contributed by atoms with van der Waals surface area (Å²) in [5.74, 6) is 0.0546. The second-order valence-electron chi connectivity index (χ2n) is 8.73. The molecule has 1 aliphatic carbocycles. The number of esters is 2. The zero-order valence-electron chi connectivity index (χ0n) is 20.9. The number of hydrogen-bond acceptors (Lipinski definition) is 6. The van der Waals surface area contributed by atoms with Crippen molar-refractivity contribution in [1.82, 2.24) is 0 Å². The Morgan fingerprint density at radius 1 is 0.778 bits per heavy atom. The van der Waals surface area contributed by atoms with Gasteiger partial charge in [-0.15, -0.1) is 0 Å². The Labute approximate surface area is 212 Å². The van der Waals surface area contributed by atoms with Crippen LogP contribution in [0.3, 0.4) is 0 Å². The zero-order chi connectivity index (χ0) is 25.8. The van der Waals surface area contributed by atoms with Crippen LogP contribution >= 0.6 is 0 Å². The van der Waals surface area contributed by atoms with E-state index in [0.29, 0.717) is 16.7 Å². The fraction of sp³-hybridized carbons (Fsp3) is 0.300. The van der Waals surface area contributed by atoms with E-state index in [1.807, 2.05) is 12.1 Å². The molecule has 0 saturated heterocycles. The summed E-state index contributed by atoms with van der Waals surface area (Å²) in [4.78, 5) is 32.6. The summed E-state index contributed by atoms with van der Waals surface area (Å²) in [6.45, 7) is 0.740. The van der Waals surface area contributed by atoms with Gasteiger partial charge in [0.05, 0.1) is 25.3 Å². The number of hydrogen-bond donors (Lipinski definition) is 1. The van der Waals surface area contributed by atoms with E-state index in [1.54, 1.807) is 36.4 Å². The molecule has 6 nitrogen and oxygen atoms in total. The van der Waals surface area contributed by atoms with Crippen LogP contribution in [-0.2, 0) is 16.0 Å². The lowest BCUT2D eigenvalue weighted by atomic mass is 9.84. The van der Waals surface area contributed by atoms with Gasteiger partial charge in [-0.25, -0.2) is 9.59 Å². The van der Waals surface area contributed by atoms with E-state index in [0.717, 1.165) is 30.0 Å². The van der Waals surface area contributed by atoms with Crippen LogP contribution in [0.2, 0.25) is 0 Å². The van der Waals surface area contributed by atoms with Crippen LogP contribution in [0.4, 0.5) is 5.69 Å². The van der Waals surface area contributed by atoms with Gasteiger partial charge in [0, 0.05) is 17.8 Å². The number of rotatable bonds is 7. The summed E-state index contributed by atoms with van der Waals surface area (Å²) in [7, 11) is 2.71. The molecule has 36 heavy (non-hydrogen) atoms. The smallest absolute Gasteiger partial charge is 0.337 e. The van der Waals surface area contributed by atoms with Crippen molar-refractivity contribution in [1.29, 1.82) is 0 Å². The first kappa shape index (κ1) is 26.7. The summed E-state index contributed by atoms with van der Waals surface area (Å²) in [5.41, 5.74) is 5.32. The summed E-state index contributed by atoms with van der Waals surface area (Å²) >= 11 is 0. The van der Waals surface area contributed by atoms with Crippen molar-refractivity contribution in [3.63, 3.8) is 0 Å². The highest BCUT2D eigenvalue weighted by Gasteiger charge is 2.15. The molecule has 0 radical (unpaired) electrons. The second-order valence-corrected chi connectivity index (χ2v) is 8.73. The van der Waals surface area contributed by atoms with Crippen molar-refractivity contribution < 1.29 is 23.9 Å². The monoisotopic (exact) mass is 487 g/mol. The maximum atomic E-state index is 11.4. The lowest BCUT2D eigenvalue weighted by Gasteiger charge is -2.22. The summed E-state index contributed by atoms with van der Waals surface area (Å²) < 4.78 is 9.19. The van der Waals surface area contributed by atoms with Gasteiger partial charge in [0.15, 0.2) is 0 Å². The minimum atomic E-state index is -0.396. The molecule has 0 amide bonds. The average molecular weight is 488 g/mol. The van der Waals surface area contributed by atoms with E-state index in [9.17, 15) is 14.4 Å². The summed E-state index contributed by atoms with van der Waals surface area (Å²) in [6.07, 6.45) is 7.52. The van der Waals surface area contributed by atoms with Crippen LogP contribution in [0.1, 0.15) is 80.2 Å². The van der Waals surface area contributed by atoms with Crippen LogP contribution in [0.25, 0.3) is 0 Å². The standard InChI is InChI=1S/C21H25NO2.C9H8O3/c1-24-21(23)19-9-7-16(8-10-19)15-22-20-13-11-18(12-14-20)17-5-3-2-4-6-17;1-12-9(11)8-4-2-7(6-10)3-5-8/h7-14,17,22H,2-6,15H2,1H3;2-6H,1H3. The molecule has 0 aliphatic heterocycles. The quantitative estimate of drug-likeness (QED) is 0.306. The van der Waals surface area contributed by atoms with Crippen molar-refractivity contribution >= 4 is 23.9 Å². The molecule has 1 saturated carbocycles. The lowest BCUT2D eigenvalue weighted by Crippen LogP contribution is -2.05. The molecule has 4 rings (SSSR count). The van der Waals surface area contributed by atoms with E-state index in [4.69, 9.17) is 4.74 Å². The van der Waals surface area contributed by atoms with Gasteiger partial charge in [-0.3, -0.25) is 4.79 Å². The van der Waals surface area contributed by atoms with Gasteiger partial charge in [0.2, 0.25) is 0 Å². The first-order valence-corrected chi connectivity index (χ1v) is 12.2. The van der Waals surface area contributed by atoms with Gasteiger partial charge in [-0.05, 0) is 66.3 Å². The number of methoxy groups -OCH3 is 2. The van der Waals surface area contributed by atoms with Crippen LogP contribution in [-0.4, -0.2) is 32.4 Å². The average Bonchev–Trinajstić information content (AvgIpc) is 2.96. The normalized spacial score (nSPS) is 13.1. The van der Waals surface area contributed by atoms with Crippen molar-refractivity contribution in [2.75, 3.05) is 19.5 Å². The molecular weight excluding hydrogens is 454 g/mol. The number of aldehydes is 1. The summed E-state index contributed by atoms with van der Waals surface area (Å²) in [6, 6.07) is 22.6. The molecule has 0 aromatic heterocycles. The van der Waals surface area contributed by atoms with Crippen molar-refractivity contribution in [2.24, 2.45) is 0 Å². The predicted molar refractivity (Wildman–Crippen MR) is 141 cm³/mol. The third-order valence-corrected chi connectivity index (χ3v) is 6.33. The topological polar surface area (TPSA) is 81.7 Å². The van der Waals surface area contributed by atoms with E-state index in [2.05, 4.69) is 34.3 Å². The Balaban J connectivity index is 0.000000253. The van der Waals surface area contributed by atoms with Crippen LogP contribution in [0.5, 0.6) is 0 Å². The summed E-state index contributed by atoms with van der Waals surface area (Å²) in [5, 5.41) is 3.44. The predicted octanol–water partition coefficient (Wildman–Crippen LogP) is 6.42. The van der Waals surface area contributed by atoms with Gasteiger partial charge in [0.25, 0.3) is 0 Å². The molecule has 3 aromatic rings. The Hall–Kier alpha value is -3.93. The lowest BCUT2D eigenvalue weighted by molar-refractivity contribution is 0.0592. The Kier molecular flexibility index (Phi) is 10.2. The minimum absolute atomic E-state index is 0.298. The van der Waals surface area contributed by atoms with Crippen molar-refractivity contribution in [3.05, 3.63) is 101 Å². The maximum Gasteiger partial charge on any atom is 0.337 e. The van der Waals surface area contributed by atoms with E-state index in [1.165, 1.54) is 51.9 Å². The molecule has 3 aromatic carbocycles. The number of nitrogens with one attached hydrogen (secondary N) is 1. The molecule has 0 atom stereocenters. The van der Waals surface area contributed by atoms with E-state index in [-0.39, 0.29) is 5.97 Å². The number of ether oxygens (including phenoxy) is 2. The number of benzene rings is 3. The van der Waals surface area contributed by atoms with Crippen LogP contribution in [0, 0.1) is 0 Å². The largest absolute Gasteiger partial charge is 0.465 e. The van der Waals surface area contributed by atoms with Gasteiger partial charge >= 0.3 is 11.9 Å². The zero-order valence-corrected chi connectivity index (χ0v) is 20.9. The Morgan fingerprint density at radius 2 is 1.31 bits per heavy atom. The third kappa shape index (κ3) is 7.80. The first-order valence-electron chi connectivity index (χ1n) is 12.2. The molecule has 0 unspecified atom stereocenters. The molecule has 1 aliphatic rings. The molecule has 0 spiro atoms. The van der Waals surface area contributed by atoms with Crippen molar-refractivity contribution in [2.45, 2.75) is 44.6 Å². The van der Waals surface area contributed by atoms with Gasteiger partial charge in [-0.2, -0.15) is 0 Å². The third-order valence-electron chi connectivity index (χ3n) is 6.33. The second kappa shape index (κ2) is 13.8. The highest BCUT2D eigenvalue weighted by Crippen LogP contribution is 2.33. The maximum absolute atomic E-state index is 11.4. The fourth-order valence-electron chi connectivity index (χ4n) is 4.21. The number of carbonyl (C=O) groups excluding carboxylic acids is 3. The molecule has 6 heteroatoms. The molecule has 1 fully saturated rings. The van der Waals surface area contributed by atoms with Gasteiger partial charge in [0.1, 0.15) is 6.29 Å². The minimum Gasteiger partial charge on any atom is -0.465 e. The molecular formula is C30H33NO5. The molecule has 0 bridgehead atoms. The SMILES string of the molecule is COC(=O)c1ccc(C=O)cc1.COC(=O)c1ccc(CNc2ccc(C3CCCCC3)cc2)cc1. The van der Waals surface area contributed by atoms with Crippen LogP contribution in [0.15, 0.2) is 72.8 Å². The Bertz CT molecular complexity index is 1120. The van der Waals surface area contributed by atoms with E-state index >= 15 is 0 Å². The number of carbonyl (C=O) groups is 3. The number of anilines is 1.